The van der Waals surface area contributed by atoms with E-state index in [2.05, 4.69) is 57.8 Å². The molecule has 0 unspecified atom stereocenters. The van der Waals surface area contributed by atoms with Gasteiger partial charge in [0.1, 0.15) is 0 Å². The first-order valence-electron chi connectivity index (χ1n) is 27.3. The minimum atomic E-state index is 0.147. The number of hydrogen-bond donors (Lipinski definition) is 4. The second-order valence-electron chi connectivity index (χ2n) is 18.6. The number of aliphatic hydroxyl groups excluding tert-OH is 4. The monoisotopic (exact) mass is 879 g/mol. The van der Waals surface area contributed by atoms with Crippen molar-refractivity contribution in [2.75, 3.05) is 105 Å². The van der Waals surface area contributed by atoms with Crippen LogP contribution in [0.15, 0.2) is 24.3 Å². The topological polar surface area (TPSA) is 93.9 Å². The van der Waals surface area contributed by atoms with E-state index in [0.29, 0.717) is 26.2 Å². The average Bonchev–Trinajstić information content (AvgIpc) is 3.27. The van der Waals surface area contributed by atoms with Crippen molar-refractivity contribution in [1.29, 1.82) is 0 Å². The third-order valence-electron chi connectivity index (χ3n) is 12.7. The van der Waals surface area contributed by atoms with Gasteiger partial charge in [-0.15, -0.1) is 0 Å². The number of nitrogens with zero attached hydrogens (tertiary/aromatic N) is 4. The van der Waals surface area contributed by atoms with Crippen molar-refractivity contribution in [2.45, 2.75) is 219 Å². The molecule has 0 aromatic heterocycles. The second kappa shape index (κ2) is 52.8. The van der Waals surface area contributed by atoms with Gasteiger partial charge in [-0.1, -0.05) is 154 Å². The minimum Gasteiger partial charge on any atom is -0.395 e. The molecule has 62 heavy (non-hydrogen) atoms. The third-order valence-corrected chi connectivity index (χ3v) is 12.7. The smallest absolute Gasteiger partial charge is 0.0558 e. The van der Waals surface area contributed by atoms with Crippen LogP contribution in [0.25, 0.3) is 0 Å². The minimum absolute atomic E-state index is 0.147. The lowest BCUT2D eigenvalue weighted by Crippen LogP contribution is -2.35. The predicted molar refractivity (Wildman–Crippen MR) is 271 cm³/mol. The molecule has 0 spiro atoms. The molecule has 4 N–H and O–H groups in total. The molecular formula is C54H110N4O4. The predicted octanol–water partition coefficient (Wildman–Crippen LogP) is 11.8. The van der Waals surface area contributed by atoms with Gasteiger partial charge in [0.05, 0.1) is 26.4 Å². The van der Waals surface area contributed by atoms with Crippen molar-refractivity contribution < 1.29 is 20.4 Å². The first kappa shape index (κ1) is 61.2. The number of aliphatic hydroxyl groups is 4. The molecule has 0 atom stereocenters. The molecule has 0 aliphatic rings. The summed E-state index contributed by atoms with van der Waals surface area (Å²) in [6.45, 7) is 16.4. The Kier molecular flexibility index (Phi) is 52.1. The normalized spacial score (nSPS) is 12.4. The summed E-state index contributed by atoms with van der Waals surface area (Å²) in [6, 6.07) is 0. The molecule has 0 aromatic rings. The van der Waals surface area contributed by atoms with Gasteiger partial charge in [0.25, 0.3) is 0 Å². The summed E-state index contributed by atoms with van der Waals surface area (Å²) in [4.78, 5) is 9.78. The Morgan fingerprint density at radius 2 is 0.419 bits per heavy atom. The lowest BCUT2D eigenvalue weighted by atomic mass is 10.1. The van der Waals surface area contributed by atoms with Crippen LogP contribution in [0, 0.1) is 0 Å². The average molecular weight is 879 g/mol. The van der Waals surface area contributed by atoms with Crippen molar-refractivity contribution in [3.05, 3.63) is 24.3 Å². The summed E-state index contributed by atoms with van der Waals surface area (Å²) in [6.07, 6.45) is 51.8. The van der Waals surface area contributed by atoms with Crippen LogP contribution < -0.4 is 0 Å². The first-order chi connectivity index (χ1) is 30.6. The van der Waals surface area contributed by atoms with Crippen molar-refractivity contribution >= 4 is 0 Å². The van der Waals surface area contributed by atoms with Crippen LogP contribution >= 0.6 is 0 Å². The highest BCUT2D eigenvalue weighted by Crippen LogP contribution is 2.14. The Morgan fingerprint density at radius 1 is 0.226 bits per heavy atom. The fraction of sp³-hybridized carbons (Fsp3) is 0.926. The van der Waals surface area contributed by atoms with Gasteiger partial charge in [-0.05, 0) is 142 Å². The van der Waals surface area contributed by atoms with Gasteiger partial charge in [-0.3, -0.25) is 9.80 Å². The Balaban J connectivity index is 4.71. The van der Waals surface area contributed by atoms with Crippen molar-refractivity contribution in [3.8, 4) is 0 Å². The molecule has 0 rings (SSSR count). The molecule has 370 valence electrons. The van der Waals surface area contributed by atoms with E-state index in [1.54, 1.807) is 0 Å². The maximum Gasteiger partial charge on any atom is 0.0558 e. The first-order valence-corrected chi connectivity index (χ1v) is 27.3. The van der Waals surface area contributed by atoms with E-state index in [-0.39, 0.29) is 26.4 Å². The van der Waals surface area contributed by atoms with Gasteiger partial charge in [-0.25, -0.2) is 0 Å². The van der Waals surface area contributed by atoms with Crippen molar-refractivity contribution in [2.24, 2.45) is 0 Å². The second-order valence-corrected chi connectivity index (χ2v) is 18.6. The van der Waals surface area contributed by atoms with Gasteiger partial charge in [0.15, 0.2) is 0 Å². The summed E-state index contributed by atoms with van der Waals surface area (Å²) in [5.41, 5.74) is 0. The lowest BCUT2D eigenvalue weighted by molar-refractivity contribution is 0.150. The zero-order valence-corrected chi connectivity index (χ0v) is 41.8. The van der Waals surface area contributed by atoms with E-state index in [4.69, 9.17) is 0 Å². The molecule has 0 radical (unpaired) electrons. The lowest BCUT2D eigenvalue weighted by Gasteiger charge is -2.27. The summed E-state index contributed by atoms with van der Waals surface area (Å²) < 4.78 is 0. The SMILES string of the molecule is CCCCCCCCC=CCCCCCCCCN(CCCCN(CCCCCCCCC=CCCCCCCCC)CCCN(CCO)CCO)CCCN(CCO)CCO. The van der Waals surface area contributed by atoms with E-state index < -0.39 is 0 Å². The summed E-state index contributed by atoms with van der Waals surface area (Å²) >= 11 is 0. The summed E-state index contributed by atoms with van der Waals surface area (Å²) in [7, 11) is 0. The Morgan fingerprint density at radius 3 is 0.677 bits per heavy atom. The van der Waals surface area contributed by atoms with Crippen molar-refractivity contribution in [3.63, 3.8) is 0 Å². The highest BCUT2D eigenvalue weighted by Gasteiger charge is 2.11. The molecule has 0 bridgehead atoms. The summed E-state index contributed by atoms with van der Waals surface area (Å²) in [5, 5.41) is 38.0. The fourth-order valence-corrected chi connectivity index (χ4v) is 8.78. The molecule has 0 saturated heterocycles. The Bertz CT molecular complexity index is 810. The maximum absolute atomic E-state index is 9.50. The quantitative estimate of drug-likeness (QED) is 0.0355. The van der Waals surface area contributed by atoms with Gasteiger partial charge in [0, 0.05) is 26.2 Å². The Labute approximate surface area is 387 Å². The molecule has 0 fully saturated rings. The molecule has 8 heteroatoms. The van der Waals surface area contributed by atoms with E-state index in [1.165, 1.54) is 206 Å². The van der Waals surface area contributed by atoms with Crippen LogP contribution in [-0.4, -0.2) is 145 Å². The largest absolute Gasteiger partial charge is 0.395 e. The van der Waals surface area contributed by atoms with Crippen LogP contribution in [0.5, 0.6) is 0 Å². The molecule has 0 aliphatic heterocycles. The zero-order valence-electron chi connectivity index (χ0n) is 41.8. The van der Waals surface area contributed by atoms with Crippen LogP contribution in [0.1, 0.15) is 219 Å². The Hall–Kier alpha value is -0.840. The van der Waals surface area contributed by atoms with Gasteiger partial charge in [-0.2, -0.15) is 0 Å². The molecular weight excluding hydrogens is 769 g/mol. The zero-order chi connectivity index (χ0) is 45.1. The molecule has 0 amide bonds. The number of unbranched alkanes of at least 4 members (excludes halogenated alkanes) is 25. The van der Waals surface area contributed by atoms with E-state index in [0.717, 1.165) is 52.1 Å². The van der Waals surface area contributed by atoms with Crippen LogP contribution in [-0.2, 0) is 0 Å². The van der Waals surface area contributed by atoms with Crippen LogP contribution in [0.2, 0.25) is 0 Å². The standard InChI is InChI=1S/C54H110N4O4/c1-3-5-7-9-11-13-15-17-19-21-23-25-27-29-31-33-39-55(43-37-45-57(47-51-59)48-52-60)41-35-36-42-56(44-38-46-58(49-53-61)50-54-62)40-34-32-30-28-26-24-22-20-18-16-14-12-10-8-6-4-2/h17-20,59-62H,3-16,21-54H2,1-2H3. The number of allylic oxidation sites excluding steroid dienone is 4. The third kappa shape index (κ3) is 45.7. The van der Waals surface area contributed by atoms with Gasteiger partial charge >= 0.3 is 0 Å². The highest BCUT2D eigenvalue weighted by molar-refractivity contribution is 4.82. The molecule has 0 saturated carbocycles. The van der Waals surface area contributed by atoms with E-state index in [1.807, 2.05) is 0 Å². The fourth-order valence-electron chi connectivity index (χ4n) is 8.78. The van der Waals surface area contributed by atoms with Gasteiger partial charge < -0.3 is 30.2 Å². The highest BCUT2D eigenvalue weighted by atomic mass is 16.3. The van der Waals surface area contributed by atoms with Crippen LogP contribution in [0.3, 0.4) is 0 Å². The van der Waals surface area contributed by atoms with E-state index in [9.17, 15) is 20.4 Å². The molecule has 0 aromatic carbocycles. The van der Waals surface area contributed by atoms with Crippen molar-refractivity contribution in [1.82, 2.24) is 19.6 Å². The molecule has 0 aliphatic carbocycles. The van der Waals surface area contributed by atoms with Crippen LogP contribution in [0.4, 0.5) is 0 Å². The number of hydrogen-bond acceptors (Lipinski definition) is 8. The van der Waals surface area contributed by atoms with Gasteiger partial charge in [0.2, 0.25) is 0 Å². The maximum atomic E-state index is 9.50. The number of rotatable bonds is 53. The summed E-state index contributed by atoms with van der Waals surface area (Å²) in [5.74, 6) is 0. The van der Waals surface area contributed by atoms with E-state index >= 15 is 0 Å². The molecule has 0 heterocycles. The molecule has 8 nitrogen and oxygen atoms in total.